The van der Waals surface area contributed by atoms with Crippen LogP contribution in [0.3, 0.4) is 0 Å². The summed E-state index contributed by atoms with van der Waals surface area (Å²) in [6.07, 6.45) is 1.09. The summed E-state index contributed by atoms with van der Waals surface area (Å²) in [4.78, 5) is 15.1. The second-order valence-corrected chi connectivity index (χ2v) is 10.5. The molecule has 7 heteroatoms. The molecule has 4 aromatic rings. The van der Waals surface area contributed by atoms with Crippen LogP contribution >= 0.6 is 27.7 Å². The molecule has 5 nitrogen and oxygen atoms in total. The van der Waals surface area contributed by atoms with Crippen LogP contribution < -0.4 is 9.64 Å². The number of hydrogen-bond donors (Lipinski definition) is 0. The Balaban J connectivity index is 1.32. The van der Waals surface area contributed by atoms with Gasteiger partial charge in [-0.2, -0.15) is 0 Å². The van der Waals surface area contributed by atoms with Gasteiger partial charge in [0.2, 0.25) is 0 Å². The molecule has 0 N–H and O–H groups in total. The van der Waals surface area contributed by atoms with Gasteiger partial charge in [0, 0.05) is 48.5 Å². The molecular weight excluding hydrogens is 520 g/mol. The number of nitrogens with zero attached hydrogens (tertiary/aromatic N) is 4. The Labute approximate surface area is 219 Å². The minimum absolute atomic E-state index is 0.764. The van der Waals surface area contributed by atoms with Crippen molar-refractivity contribution < 1.29 is 4.74 Å². The zero-order valence-corrected chi connectivity index (χ0v) is 22.3. The number of para-hydroxylation sites is 2. The van der Waals surface area contributed by atoms with Gasteiger partial charge in [0.1, 0.15) is 10.8 Å². The minimum atomic E-state index is 0.764. The molecule has 0 atom stereocenters. The second-order valence-electron chi connectivity index (χ2n) is 8.65. The van der Waals surface area contributed by atoms with Crippen molar-refractivity contribution in [2.75, 3.05) is 44.7 Å². The molecule has 1 saturated heterocycles. The third kappa shape index (κ3) is 5.97. The van der Waals surface area contributed by atoms with Gasteiger partial charge in [0.15, 0.2) is 5.82 Å². The molecule has 5 rings (SSSR count). The molecule has 0 saturated carbocycles. The van der Waals surface area contributed by atoms with E-state index in [4.69, 9.17) is 14.7 Å². The lowest BCUT2D eigenvalue weighted by molar-refractivity contribution is 0.260. The number of piperazine rings is 1. The molecule has 2 heterocycles. The van der Waals surface area contributed by atoms with E-state index in [1.165, 1.54) is 5.56 Å². The highest BCUT2D eigenvalue weighted by Gasteiger charge is 2.22. The average Bonchev–Trinajstić information content (AvgIpc) is 2.91. The smallest absolute Gasteiger partial charge is 0.162 e. The fourth-order valence-corrected chi connectivity index (χ4v) is 5.79. The SMILES string of the molecule is COc1ccc(Br)cc1CSc1nc2ccccc2nc1N1CCN(CCc2ccccc2)CC1. The van der Waals surface area contributed by atoms with Crippen molar-refractivity contribution in [2.45, 2.75) is 17.2 Å². The van der Waals surface area contributed by atoms with Crippen molar-refractivity contribution in [1.82, 2.24) is 14.9 Å². The van der Waals surface area contributed by atoms with Crippen molar-refractivity contribution in [3.63, 3.8) is 0 Å². The summed E-state index contributed by atoms with van der Waals surface area (Å²) in [5.74, 6) is 2.65. The lowest BCUT2D eigenvalue weighted by Crippen LogP contribution is -2.47. The Hall–Kier alpha value is -2.61. The lowest BCUT2D eigenvalue weighted by atomic mass is 10.1. The monoisotopic (exact) mass is 548 g/mol. The van der Waals surface area contributed by atoms with E-state index >= 15 is 0 Å². The van der Waals surface area contributed by atoms with Gasteiger partial charge in [-0.05, 0) is 42.3 Å². The number of hydrogen-bond acceptors (Lipinski definition) is 6. The van der Waals surface area contributed by atoms with Crippen LogP contribution in [0, 0.1) is 0 Å². The van der Waals surface area contributed by atoms with E-state index in [0.717, 1.165) is 82.6 Å². The highest BCUT2D eigenvalue weighted by Crippen LogP contribution is 2.34. The van der Waals surface area contributed by atoms with Crippen LogP contribution in [-0.4, -0.2) is 54.7 Å². The molecule has 0 aliphatic carbocycles. The van der Waals surface area contributed by atoms with Gasteiger partial charge < -0.3 is 9.64 Å². The van der Waals surface area contributed by atoms with Gasteiger partial charge in [0.05, 0.1) is 18.1 Å². The standard InChI is InChI=1S/C28H29BrN4OS/c1-34-26-12-11-23(29)19-22(26)20-35-28-27(30-24-9-5-6-10-25(24)31-28)33-17-15-32(16-18-33)14-13-21-7-3-2-4-8-21/h2-12,19H,13-18,20H2,1H3. The normalized spacial score (nSPS) is 14.4. The minimum Gasteiger partial charge on any atom is -0.496 e. The number of halogens is 1. The molecule has 0 unspecified atom stereocenters. The molecule has 1 aliphatic heterocycles. The van der Waals surface area contributed by atoms with Crippen molar-refractivity contribution in [3.05, 3.63) is 88.4 Å². The van der Waals surface area contributed by atoms with Crippen molar-refractivity contribution in [2.24, 2.45) is 0 Å². The van der Waals surface area contributed by atoms with Gasteiger partial charge in [-0.3, -0.25) is 4.90 Å². The van der Waals surface area contributed by atoms with Gasteiger partial charge in [-0.25, -0.2) is 9.97 Å². The summed E-state index contributed by atoms with van der Waals surface area (Å²) < 4.78 is 6.63. The zero-order valence-electron chi connectivity index (χ0n) is 19.9. The summed E-state index contributed by atoms with van der Waals surface area (Å²) in [5, 5.41) is 0.975. The fraction of sp³-hybridized carbons (Fsp3) is 0.286. The predicted molar refractivity (Wildman–Crippen MR) is 149 cm³/mol. The number of thioether (sulfide) groups is 1. The Bertz CT molecular complexity index is 1280. The third-order valence-electron chi connectivity index (χ3n) is 6.36. The average molecular weight is 550 g/mol. The first-order chi connectivity index (χ1) is 17.2. The summed E-state index contributed by atoms with van der Waals surface area (Å²) in [7, 11) is 1.72. The van der Waals surface area contributed by atoms with Crippen LogP contribution in [0.15, 0.2) is 82.3 Å². The van der Waals surface area contributed by atoms with Crippen molar-refractivity contribution >= 4 is 44.5 Å². The first-order valence-corrected chi connectivity index (χ1v) is 13.7. The van der Waals surface area contributed by atoms with Crippen molar-refractivity contribution in [1.29, 1.82) is 0 Å². The maximum Gasteiger partial charge on any atom is 0.162 e. The number of aromatic nitrogens is 2. The van der Waals surface area contributed by atoms with E-state index < -0.39 is 0 Å². The van der Waals surface area contributed by atoms with Gasteiger partial charge >= 0.3 is 0 Å². The number of anilines is 1. The number of benzene rings is 3. The Kier molecular flexibility index (Phi) is 7.86. The first kappa shape index (κ1) is 24.1. The Morgan fingerprint density at radius 1 is 0.886 bits per heavy atom. The maximum atomic E-state index is 5.59. The molecule has 1 aromatic heterocycles. The molecule has 3 aromatic carbocycles. The number of methoxy groups -OCH3 is 1. The van der Waals surface area contributed by atoms with Crippen LogP contribution in [0.25, 0.3) is 11.0 Å². The summed E-state index contributed by atoms with van der Waals surface area (Å²) in [6, 6.07) is 25.0. The van der Waals surface area contributed by atoms with Gasteiger partial charge in [-0.15, -0.1) is 0 Å². The summed E-state index contributed by atoms with van der Waals surface area (Å²) >= 11 is 5.31. The lowest BCUT2D eigenvalue weighted by Gasteiger charge is -2.36. The first-order valence-electron chi connectivity index (χ1n) is 11.9. The molecule has 0 bridgehead atoms. The van der Waals surface area contributed by atoms with E-state index in [1.807, 2.05) is 36.4 Å². The van der Waals surface area contributed by atoms with E-state index in [2.05, 4.69) is 62.1 Å². The number of fused-ring (bicyclic) bond motifs is 1. The molecule has 1 aliphatic rings. The van der Waals surface area contributed by atoms with E-state index in [0.29, 0.717) is 0 Å². The van der Waals surface area contributed by atoms with Crippen LogP contribution in [-0.2, 0) is 12.2 Å². The highest BCUT2D eigenvalue weighted by atomic mass is 79.9. The van der Waals surface area contributed by atoms with E-state index in [1.54, 1.807) is 18.9 Å². The van der Waals surface area contributed by atoms with Crippen LogP contribution in [0.5, 0.6) is 5.75 Å². The Morgan fingerprint density at radius 3 is 2.34 bits per heavy atom. The summed E-state index contributed by atoms with van der Waals surface area (Å²) in [5.41, 5.74) is 4.41. The highest BCUT2D eigenvalue weighted by molar-refractivity contribution is 9.10. The van der Waals surface area contributed by atoms with Gasteiger partial charge in [-0.1, -0.05) is 70.2 Å². The second kappa shape index (κ2) is 11.4. The number of ether oxygens (including phenoxy) is 1. The predicted octanol–water partition coefficient (Wildman–Crippen LogP) is 6.06. The van der Waals surface area contributed by atoms with Gasteiger partial charge in [0.25, 0.3) is 0 Å². The Morgan fingerprint density at radius 2 is 1.60 bits per heavy atom. The largest absolute Gasteiger partial charge is 0.496 e. The van der Waals surface area contributed by atoms with Crippen molar-refractivity contribution in [3.8, 4) is 5.75 Å². The quantitative estimate of drug-likeness (QED) is 0.249. The number of rotatable bonds is 8. The van der Waals surface area contributed by atoms with Crippen LogP contribution in [0.2, 0.25) is 0 Å². The third-order valence-corrected chi connectivity index (χ3v) is 7.86. The van der Waals surface area contributed by atoms with Crippen LogP contribution in [0.1, 0.15) is 11.1 Å². The van der Waals surface area contributed by atoms with E-state index in [-0.39, 0.29) is 0 Å². The van der Waals surface area contributed by atoms with E-state index in [9.17, 15) is 0 Å². The molecule has 35 heavy (non-hydrogen) atoms. The molecular formula is C28H29BrN4OS. The molecule has 0 amide bonds. The molecule has 180 valence electrons. The maximum absolute atomic E-state index is 5.59. The molecule has 0 radical (unpaired) electrons. The molecule has 1 fully saturated rings. The topological polar surface area (TPSA) is 41.5 Å². The van der Waals surface area contributed by atoms with Crippen LogP contribution in [0.4, 0.5) is 5.82 Å². The fourth-order valence-electron chi connectivity index (χ4n) is 4.40. The zero-order chi connectivity index (χ0) is 24.0. The summed E-state index contributed by atoms with van der Waals surface area (Å²) in [6.45, 7) is 5.06. The molecule has 0 spiro atoms.